The van der Waals surface area contributed by atoms with Crippen LogP contribution in [0.3, 0.4) is 0 Å². The number of aromatic nitrogens is 2. The van der Waals surface area contributed by atoms with Gasteiger partial charge in [0, 0.05) is 15.6 Å². The largest absolute Gasteiger partial charge is 0.444 e. The topological polar surface area (TPSA) is 132 Å². The molecule has 0 unspecified atom stereocenters. The number of halogens is 1. The second kappa shape index (κ2) is 10.1. The third kappa shape index (κ3) is 6.51. The molecule has 0 saturated carbocycles. The first-order valence-corrected chi connectivity index (χ1v) is 10.6. The number of benzene rings is 2. The molecule has 0 fully saturated rings. The molecule has 0 spiro atoms. The fourth-order valence-corrected chi connectivity index (χ4v) is 3.14. The number of aromatic amines is 1. The number of nitrogens with zero attached hydrogens (tertiary/aromatic N) is 3. The minimum Gasteiger partial charge on any atom is -0.444 e. The average molecular weight is 509 g/mol. The molecule has 9 nitrogen and oxygen atoms in total. The van der Waals surface area contributed by atoms with Gasteiger partial charge in [-0.2, -0.15) is 10.4 Å². The van der Waals surface area contributed by atoms with Crippen molar-refractivity contribution in [3.8, 4) is 17.3 Å². The number of ether oxygens (including phenoxy) is 1. The molecular weight excluding hydrogens is 488 g/mol. The molecule has 1 amide bonds. The van der Waals surface area contributed by atoms with E-state index in [1.807, 2.05) is 12.1 Å². The van der Waals surface area contributed by atoms with E-state index < -0.39 is 17.3 Å². The van der Waals surface area contributed by atoms with Crippen molar-refractivity contribution in [1.29, 1.82) is 5.26 Å². The number of anilines is 2. The van der Waals surface area contributed by atoms with Gasteiger partial charge < -0.3 is 4.74 Å². The summed E-state index contributed by atoms with van der Waals surface area (Å²) in [4.78, 5) is 31.3. The lowest BCUT2D eigenvalue weighted by Gasteiger charge is -2.20. The van der Waals surface area contributed by atoms with Crippen LogP contribution in [0.1, 0.15) is 31.9 Å². The van der Waals surface area contributed by atoms with Gasteiger partial charge in [-0.05, 0) is 39.0 Å². The summed E-state index contributed by atoms with van der Waals surface area (Å²) in [6.45, 7) is 5.32. The van der Waals surface area contributed by atoms with Gasteiger partial charge in [-0.25, -0.2) is 15.2 Å². The maximum absolute atomic E-state index is 12.4. The predicted molar refractivity (Wildman–Crippen MR) is 130 cm³/mol. The van der Waals surface area contributed by atoms with E-state index in [0.29, 0.717) is 16.8 Å². The van der Waals surface area contributed by atoms with Crippen LogP contribution in [-0.2, 0) is 4.74 Å². The zero-order valence-electron chi connectivity index (χ0n) is 18.1. The molecule has 0 radical (unpaired) electrons. The summed E-state index contributed by atoms with van der Waals surface area (Å²) in [5.74, 6) is 0.0609. The van der Waals surface area contributed by atoms with Gasteiger partial charge in [-0.1, -0.05) is 46.3 Å². The normalized spacial score (nSPS) is 11.1. The second-order valence-electron chi connectivity index (χ2n) is 7.84. The average Bonchev–Trinajstić information content (AvgIpc) is 2.74. The molecule has 3 N–H and O–H groups in total. The third-order valence-corrected chi connectivity index (χ3v) is 4.60. The van der Waals surface area contributed by atoms with Crippen molar-refractivity contribution in [3.05, 3.63) is 74.5 Å². The molecule has 0 aliphatic heterocycles. The number of hydrazone groups is 1. The summed E-state index contributed by atoms with van der Waals surface area (Å²) in [7, 11) is 0. The number of hydrogen-bond donors (Lipinski definition) is 3. The van der Waals surface area contributed by atoms with Gasteiger partial charge in [0.1, 0.15) is 17.2 Å². The Morgan fingerprint density at radius 1 is 1.24 bits per heavy atom. The van der Waals surface area contributed by atoms with E-state index >= 15 is 0 Å². The molecule has 0 bridgehead atoms. The number of carbonyl (C=O) groups excluding carboxylic acids is 1. The lowest BCUT2D eigenvalue weighted by molar-refractivity contribution is 0.0636. The van der Waals surface area contributed by atoms with Crippen molar-refractivity contribution in [2.75, 3.05) is 10.7 Å². The number of hydrogen-bond acceptors (Lipinski definition) is 7. The third-order valence-electron chi connectivity index (χ3n) is 4.10. The van der Waals surface area contributed by atoms with E-state index in [1.165, 1.54) is 6.21 Å². The van der Waals surface area contributed by atoms with Crippen LogP contribution in [-0.4, -0.2) is 27.9 Å². The Kier molecular flexibility index (Phi) is 7.25. The van der Waals surface area contributed by atoms with Crippen LogP contribution >= 0.6 is 15.9 Å². The fraction of sp³-hybridized carbons (Fsp3) is 0.174. The minimum absolute atomic E-state index is 0.0609. The highest BCUT2D eigenvalue weighted by molar-refractivity contribution is 9.10. The molecule has 2 aromatic carbocycles. The molecule has 33 heavy (non-hydrogen) atoms. The van der Waals surface area contributed by atoms with Crippen molar-refractivity contribution in [3.63, 3.8) is 0 Å². The maximum Gasteiger partial charge on any atom is 0.412 e. The van der Waals surface area contributed by atoms with Crippen LogP contribution in [0.2, 0.25) is 0 Å². The molecule has 0 aliphatic carbocycles. The van der Waals surface area contributed by atoms with Gasteiger partial charge in [-0.15, -0.1) is 0 Å². The van der Waals surface area contributed by atoms with Gasteiger partial charge in [-0.3, -0.25) is 15.1 Å². The van der Waals surface area contributed by atoms with Crippen molar-refractivity contribution in [2.45, 2.75) is 26.4 Å². The van der Waals surface area contributed by atoms with E-state index in [1.54, 1.807) is 63.2 Å². The van der Waals surface area contributed by atoms with Crippen LogP contribution < -0.4 is 16.3 Å². The molecule has 1 heterocycles. The standard InChI is InChI=1S/C23H21BrN6O3/c1-23(2,3)33-22(32)27-18-10-9-16(24)11-15(18)13-26-30-21-28-19(14-7-5-4-6-8-14)17(12-25)20(31)29-21/h4-11,13H,1-3H3,(H,27,32)(H2,28,29,30,31). The molecule has 0 saturated heterocycles. The Hall–Kier alpha value is -3.97. The minimum atomic E-state index is -0.640. The van der Waals surface area contributed by atoms with E-state index in [-0.39, 0.29) is 17.2 Å². The number of nitrogens with one attached hydrogen (secondary N) is 3. The summed E-state index contributed by atoms with van der Waals surface area (Å²) in [5.41, 5.74) is 3.27. The van der Waals surface area contributed by atoms with Crippen molar-refractivity contribution < 1.29 is 9.53 Å². The van der Waals surface area contributed by atoms with E-state index in [9.17, 15) is 14.9 Å². The Morgan fingerprint density at radius 2 is 1.97 bits per heavy atom. The first kappa shape index (κ1) is 23.7. The van der Waals surface area contributed by atoms with E-state index in [0.717, 1.165) is 4.47 Å². The first-order chi connectivity index (χ1) is 15.7. The zero-order valence-corrected chi connectivity index (χ0v) is 19.7. The SMILES string of the molecule is CC(C)(C)OC(=O)Nc1ccc(Br)cc1C=NNc1nc(-c2ccccc2)c(C#N)c(=O)[nH]1. The molecule has 10 heteroatoms. The molecular formula is C23H21BrN6O3. The van der Waals surface area contributed by atoms with Crippen LogP contribution in [0.5, 0.6) is 0 Å². The van der Waals surface area contributed by atoms with Crippen molar-refractivity contribution in [1.82, 2.24) is 9.97 Å². The molecule has 3 aromatic rings. The molecule has 0 aliphatic rings. The number of rotatable bonds is 5. The highest BCUT2D eigenvalue weighted by Gasteiger charge is 2.17. The van der Waals surface area contributed by atoms with E-state index in [4.69, 9.17) is 4.74 Å². The summed E-state index contributed by atoms with van der Waals surface area (Å²) in [6.07, 6.45) is 0.857. The number of amides is 1. The molecule has 3 rings (SSSR count). The van der Waals surface area contributed by atoms with Gasteiger partial charge in [0.25, 0.3) is 5.56 Å². The Labute approximate surface area is 198 Å². The lowest BCUT2D eigenvalue weighted by atomic mass is 10.1. The highest BCUT2D eigenvalue weighted by Crippen LogP contribution is 2.22. The maximum atomic E-state index is 12.4. The van der Waals surface area contributed by atoms with Gasteiger partial charge in [0.2, 0.25) is 5.95 Å². The van der Waals surface area contributed by atoms with Gasteiger partial charge >= 0.3 is 6.09 Å². The van der Waals surface area contributed by atoms with Crippen LogP contribution in [0.15, 0.2) is 62.9 Å². The summed E-state index contributed by atoms with van der Waals surface area (Å²) in [5, 5.41) is 16.2. The first-order valence-electron chi connectivity index (χ1n) is 9.85. The summed E-state index contributed by atoms with van der Waals surface area (Å²) >= 11 is 3.39. The Bertz CT molecular complexity index is 1290. The van der Waals surface area contributed by atoms with Gasteiger partial charge in [0.15, 0.2) is 0 Å². The summed E-state index contributed by atoms with van der Waals surface area (Å²) in [6, 6.07) is 16.0. The van der Waals surface area contributed by atoms with Crippen LogP contribution in [0.4, 0.5) is 16.4 Å². The monoisotopic (exact) mass is 508 g/mol. The highest BCUT2D eigenvalue weighted by atomic mass is 79.9. The van der Waals surface area contributed by atoms with Crippen molar-refractivity contribution >= 4 is 39.9 Å². The number of carbonyl (C=O) groups is 1. The van der Waals surface area contributed by atoms with Crippen molar-refractivity contribution in [2.24, 2.45) is 5.10 Å². The summed E-state index contributed by atoms with van der Waals surface area (Å²) < 4.78 is 6.07. The van der Waals surface area contributed by atoms with Gasteiger partial charge in [0.05, 0.1) is 17.6 Å². The second-order valence-corrected chi connectivity index (χ2v) is 8.76. The number of nitriles is 1. The fourth-order valence-electron chi connectivity index (χ4n) is 2.77. The molecule has 168 valence electrons. The number of H-pyrrole nitrogens is 1. The van der Waals surface area contributed by atoms with E-state index in [2.05, 4.69) is 41.7 Å². The predicted octanol–water partition coefficient (Wildman–Crippen LogP) is 4.86. The lowest BCUT2D eigenvalue weighted by Crippen LogP contribution is -2.27. The van der Waals surface area contributed by atoms with Crippen LogP contribution in [0.25, 0.3) is 11.3 Å². The quantitative estimate of drug-likeness (QED) is 0.332. The molecule has 1 aromatic heterocycles. The Morgan fingerprint density at radius 3 is 2.64 bits per heavy atom. The van der Waals surface area contributed by atoms with Crippen LogP contribution in [0, 0.1) is 11.3 Å². The smallest absolute Gasteiger partial charge is 0.412 e. The molecule has 0 atom stereocenters. The zero-order chi connectivity index (χ0) is 24.0. The Balaban J connectivity index is 1.85.